The summed E-state index contributed by atoms with van der Waals surface area (Å²) in [6, 6.07) is 6.38. The summed E-state index contributed by atoms with van der Waals surface area (Å²) in [7, 11) is 5.88. The molecule has 1 saturated heterocycles. The summed E-state index contributed by atoms with van der Waals surface area (Å²) >= 11 is 6.32. The van der Waals surface area contributed by atoms with E-state index in [0.717, 1.165) is 44.5 Å². The molecule has 4 rings (SSSR count). The Bertz CT molecular complexity index is 1180. The van der Waals surface area contributed by atoms with Crippen molar-refractivity contribution in [3.63, 3.8) is 0 Å². The van der Waals surface area contributed by atoms with Gasteiger partial charge in [0, 0.05) is 24.8 Å². The van der Waals surface area contributed by atoms with E-state index in [2.05, 4.69) is 41.1 Å². The van der Waals surface area contributed by atoms with Gasteiger partial charge in [-0.05, 0) is 64.0 Å². The number of ether oxygens (including phenoxy) is 1. The number of anilines is 4. The Morgan fingerprint density at radius 2 is 1.63 bits per heavy atom. The number of aromatic nitrogens is 3. The lowest BCUT2D eigenvalue weighted by atomic mass is 10.0. The number of likely N-dealkylation sites (tertiary alicyclic amines) is 1. The fraction of sp³-hybridized carbons (Fsp3) is 0.536. The minimum atomic E-state index is -1.50. The van der Waals surface area contributed by atoms with Crippen molar-refractivity contribution in [2.24, 2.45) is 0 Å². The van der Waals surface area contributed by atoms with Gasteiger partial charge in [0.05, 0.1) is 12.1 Å². The van der Waals surface area contributed by atoms with Crippen LogP contribution in [0.3, 0.4) is 0 Å². The van der Waals surface area contributed by atoms with Crippen LogP contribution in [0.2, 0.25) is 5.02 Å². The zero-order valence-electron chi connectivity index (χ0n) is 23.9. The molecule has 0 amide bonds. The van der Waals surface area contributed by atoms with Crippen LogP contribution in [0.25, 0.3) is 0 Å². The van der Waals surface area contributed by atoms with E-state index in [4.69, 9.17) is 41.5 Å². The maximum absolute atomic E-state index is 9.66. The van der Waals surface area contributed by atoms with Crippen molar-refractivity contribution in [3.05, 3.63) is 35.4 Å². The summed E-state index contributed by atoms with van der Waals surface area (Å²) in [6.07, 6.45) is 9.63. The molecular formula is C28H40ClN7O5. The Kier molecular flexibility index (Phi) is 12.0. The molecule has 1 aromatic carbocycles. The fourth-order valence-electron chi connectivity index (χ4n) is 4.76. The first-order valence-corrected chi connectivity index (χ1v) is 14.1. The molecule has 1 saturated carbocycles. The van der Waals surface area contributed by atoms with Crippen LogP contribution in [0.1, 0.15) is 51.4 Å². The maximum atomic E-state index is 9.66. The maximum Gasteiger partial charge on any atom is 0.342 e. The van der Waals surface area contributed by atoms with E-state index >= 15 is 0 Å². The number of rotatable bonds is 9. The zero-order chi connectivity index (χ0) is 29.9. The van der Waals surface area contributed by atoms with Crippen molar-refractivity contribution in [2.45, 2.75) is 63.5 Å². The molecule has 0 atom stereocenters. The van der Waals surface area contributed by atoms with E-state index in [0.29, 0.717) is 40.7 Å². The molecule has 41 heavy (non-hydrogen) atoms. The molecule has 2 aromatic rings. The predicted molar refractivity (Wildman–Crippen MR) is 160 cm³/mol. The lowest BCUT2D eigenvalue weighted by molar-refractivity contribution is -0.140. The van der Waals surface area contributed by atoms with Gasteiger partial charge in [-0.1, -0.05) is 43.9 Å². The van der Waals surface area contributed by atoms with Crippen LogP contribution in [-0.4, -0.2) is 88.4 Å². The molecule has 12 nitrogen and oxygen atoms in total. The molecule has 0 unspecified atom stereocenters. The number of hydrogen-bond donors (Lipinski definition) is 4. The second-order valence-electron chi connectivity index (χ2n) is 10.3. The molecule has 2 fully saturated rings. The topological polar surface area (TPSA) is 153 Å². The van der Waals surface area contributed by atoms with Gasteiger partial charge in [-0.25, -0.2) is 9.59 Å². The quantitative estimate of drug-likeness (QED) is 0.139. The fourth-order valence-corrected chi connectivity index (χ4v) is 5.02. The highest BCUT2D eigenvalue weighted by molar-refractivity contribution is 6.32. The normalized spacial score (nSPS) is 16.5. The van der Waals surface area contributed by atoms with Gasteiger partial charge in [-0.3, -0.25) is 0 Å². The third-order valence-electron chi connectivity index (χ3n) is 7.29. The summed E-state index contributed by atoms with van der Waals surface area (Å²) in [4.78, 5) is 38.2. The predicted octanol–water partition coefficient (Wildman–Crippen LogP) is 4.65. The molecule has 0 spiro atoms. The van der Waals surface area contributed by atoms with E-state index < -0.39 is 17.5 Å². The smallest absolute Gasteiger partial charge is 0.342 e. The summed E-state index contributed by atoms with van der Waals surface area (Å²) < 4.78 is 5.27. The highest BCUT2D eigenvalue weighted by Crippen LogP contribution is 2.29. The summed E-state index contributed by atoms with van der Waals surface area (Å²) in [5.41, 5.74) is -0.00897. The monoisotopic (exact) mass is 589 g/mol. The van der Waals surface area contributed by atoms with Crippen LogP contribution < -0.4 is 20.3 Å². The average molecular weight is 590 g/mol. The molecule has 2 heterocycles. The first-order valence-electron chi connectivity index (χ1n) is 13.8. The number of hydrogen-bond acceptors (Lipinski definition) is 10. The molecule has 1 aliphatic heterocycles. The number of benzene rings is 1. The SMILES string of the molecule is C=C(C(=O)O)C(=O)O.COc1ccc(Nc2nc(NC3CCCCCC3)nc(N(C)C3CCN(C)CC3)n2)cc1Cl. The Morgan fingerprint density at radius 3 is 2.17 bits per heavy atom. The second kappa shape index (κ2) is 15.4. The van der Waals surface area contributed by atoms with Crippen molar-refractivity contribution in [1.82, 2.24) is 19.9 Å². The number of methoxy groups -OCH3 is 1. The number of carbonyl (C=O) groups is 2. The molecule has 1 aromatic heterocycles. The van der Waals surface area contributed by atoms with E-state index in [1.54, 1.807) is 7.11 Å². The summed E-state index contributed by atoms with van der Waals surface area (Å²) in [5, 5.41) is 23.2. The molecular weight excluding hydrogens is 550 g/mol. The van der Waals surface area contributed by atoms with Crippen molar-refractivity contribution >= 4 is 47.1 Å². The Morgan fingerprint density at radius 1 is 1.02 bits per heavy atom. The second-order valence-corrected chi connectivity index (χ2v) is 10.7. The van der Waals surface area contributed by atoms with Gasteiger partial charge < -0.3 is 35.4 Å². The van der Waals surface area contributed by atoms with Gasteiger partial charge in [0.1, 0.15) is 11.3 Å². The van der Waals surface area contributed by atoms with Crippen LogP contribution in [0, 0.1) is 0 Å². The Hall–Kier alpha value is -3.64. The highest BCUT2D eigenvalue weighted by Gasteiger charge is 2.24. The van der Waals surface area contributed by atoms with Gasteiger partial charge in [0.15, 0.2) is 0 Å². The lowest BCUT2D eigenvalue weighted by Crippen LogP contribution is -2.42. The molecule has 2 aliphatic rings. The first kappa shape index (κ1) is 31.9. The van der Waals surface area contributed by atoms with E-state index in [1.807, 2.05) is 18.2 Å². The lowest BCUT2D eigenvalue weighted by Gasteiger charge is -2.35. The number of aliphatic carboxylic acids is 2. The number of piperidine rings is 1. The standard InChI is InChI=1S/C24H36ClN7O.C4H4O4/c1-31-14-12-19(13-15-31)32(2)24-29-22(26-17-8-6-4-5-7-9-17)28-23(30-24)27-18-10-11-21(33-3)20(25)16-18;1-2(3(5)6)4(7)8/h10-11,16-17,19H,4-9,12-15H2,1-3H3,(H2,26,27,28,29,30);1H2,(H,5,6)(H,7,8). The van der Waals surface area contributed by atoms with Gasteiger partial charge in [0.25, 0.3) is 0 Å². The van der Waals surface area contributed by atoms with Crippen LogP contribution >= 0.6 is 11.6 Å². The molecule has 4 N–H and O–H groups in total. The molecule has 224 valence electrons. The van der Waals surface area contributed by atoms with E-state index in [-0.39, 0.29) is 0 Å². The van der Waals surface area contributed by atoms with Crippen LogP contribution in [0.4, 0.5) is 23.5 Å². The van der Waals surface area contributed by atoms with Crippen LogP contribution in [0.15, 0.2) is 30.4 Å². The third-order valence-corrected chi connectivity index (χ3v) is 7.58. The van der Waals surface area contributed by atoms with Gasteiger partial charge in [0.2, 0.25) is 17.8 Å². The first-order chi connectivity index (χ1) is 19.6. The van der Waals surface area contributed by atoms with Crippen molar-refractivity contribution < 1.29 is 24.5 Å². The van der Waals surface area contributed by atoms with Gasteiger partial charge in [-0.2, -0.15) is 15.0 Å². The number of nitrogens with zero attached hydrogens (tertiary/aromatic N) is 5. The number of carboxylic acid groups (broad SMARTS) is 2. The molecule has 0 radical (unpaired) electrons. The molecule has 13 heteroatoms. The van der Waals surface area contributed by atoms with Crippen LogP contribution in [0.5, 0.6) is 5.75 Å². The largest absolute Gasteiger partial charge is 0.495 e. The van der Waals surface area contributed by atoms with Crippen molar-refractivity contribution in [1.29, 1.82) is 0 Å². The third kappa shape index (κ3) is 9.75. The molecule has 1 aliphatic carbocycles. The summed E-state index contributed by atoms with van der Waals surface area (Å²) in [5.74, 6) is -0.532. The number of carboxylic acids is 2. The van der Waals surface area contributed by atoms with Crippen molar-refractivity contribution in [3.8, 4) is 5.75 Å². The van der Waals surface area contributed by atoms with E-state index in [1.165, 1.54) is 25.7 Å². The average Bonchev–Trinajstić information content (AvgIpc) is 3.21. The zero-order valence-corrected chi connectivity index (χ0v) is 24.7. The van der Waals surface area contributed by atoms with Gasteiger partial charge >= 0.3 is 11.9 Å². The number of halogens is 1. The number of nitrogens with one attached hydrogen (secondary N) is 2. The van der Waals surface area contributed by atoms with Gasteiger partial charge in [-0.15, -0.1) is 0 Å². The van der Waals surface area contributed by atoms with Crippen LogP contribution in [-0.2, 0) is 9.59 Å². The van der Waals surface area contributed by atoms with Crippen molar-refractivity contribution in [2.75, 3.05) is 49.8 Å². The highest BCUT2D eigenvalue weighted by atomic mass is 35.5. The minimum absolute atomic E-state index is 0.402. The Balaban J connectivity index is 0.000000507. The molecule has 0 bridgehead atoms. The summed E-state index contributed by atoms with van der Waals surface area (Å²) in [6.45, 7) is 4.93. The van der Waals surface area contributed by atoms with E-state index in [9.17, 15) is 9.59 Å². The minimum Gasteiger partial charge on any atom is -0.495 e. The Labute approximate surface area is 245 Å².